The van der Waals surface area contributed by atoms with Gasteiger partial charge in [-0.05, 0) is 54.7 Å². The molecule has 3 rings (SSSR count). The number of ether oxygens (including phenoxy) is 3. The van der Waals surface area contributed by atoms with Crippen LogP contribution in [0.3, 0.4) is 0 Å². The molecule has 5 N–H and O–H groups in total. The third kappa shape index (κ3) is 8.70. The van der Waals surface area contributed by atoms with Crippen molar-refractivity contribution < 1.29 is 29.2 Å². The molecule has 218 valence electrons. The van der Waals surface area contributed by atoms with E-state index in [1.165, 1.54) is 0 Å². The lowest BCUT2D eigenvalue weighted by molar-refractivity contribution is 0.0843. The number of amides is 2. The third-order valence-electron chi connectivity index (χ3n) is 6.63. The molecule has 2 aromatic carbocycles. The van der Waals surface area contributed by atoms with E-state index in [9.17, 15) is 15.0 Å². The van der Waals surface area contributed by atoms with Crippen LogP contribution in [0.25, 0.3) is 10.9 Å². The van der Waals surface area contributed by atoms with Gasteiger partial charge in [-0.25, -0.2) is 4.79 Å². The number of urea groups is 1. The van der Waals surface area contributed by atoms with E-state index in [1.54, 1.807) is 49.7 Å². The van der Waals surface area contributed by atoms with E-state index in [-0.39, 0.29) is 24.7 Å². The van der Waals surface area contributed by atoms with Crippen molar-refractivity contribution in [2.75, 3.05) is 45.3 Å². The molecule has 40 heavy (non-hydrogen) atoms. The number of carbonyl (C=O) groups is 1. The second kappa shape index (κ2) is 14.2. The van der Waals surface area contributed by atoms with Crippen LogP contribution in [0.1, 0.15) is 40.5 Å². The van der Waals surface area contributed by atoms with Crippen LogP contribution < -0.4 is 30.2 Å². The number of aliphatic hydroxyl groups excluding tert-OH is 2. The number of hydrogen-bond donors (Lipinski definition) is 5. The number of rotatable bonds is 14. The topological polar surface area (TPSA) is 134 Å². The average molecular weight is 555 g/mol. The van der Waals surface area contributed by atoms with Crippen molar-refractivity contribution in [1.29, 1.82) is 0 Å². The van der Waals surface area contributed by atoms with Crippen LogP contribution in [-0.4, -0.2) is 66.8 Å². The number of nitrogens with zero attached hydrogens (tertiary/aromatic N) is 1. The van der Waals surface area contributed by atoms with Crippen molar-refractivity contribution in [2.45, 2.75) is 46.1 Å². The Balaban J connectivity index is 1.65. The second-order valence-corrected chi connectivity index (χ2v) is 10.9. The van der Waals surface area contributed by atoms with Crippen LogP contribution >= 0.6 is 0 Å². The fourth-order valence-electron chi connectivity index (χ4n) is 3.94. The predicted octanol–water partition coefficient (Wildman–Crippen LogP) is 4.70. The molecule has 2 amide bonds. The molecule has 0 aliphatic heterocycles. The summed E-state index contributed by atoms with van der Waals surface area (Å²) >= 11 is 0. The Hall–Kier alpha value is -3.60. The molecule has 0 saturated carbocycles. The molecule has 10 nitrogen and oxygen atoms in total. The molecule has 0 aliphatic rings. The molecule has 0 saturated heterocycles. The molecule has 3 aromatic rings. The third-order valence-corrected chi connectivity index (χ3v) is 6.63. The molecule has 0 spiro atoms. The van der Waals surface area contributed by atoms with Crippen LogP contribution in [0, 0.1) is 5.41 Å². The van der Waals surface area contributed by atoms with Crippen molar-refractivity contribution in [2.24, 2.45) is 5.41 Å². The number of benzene rings is 2. The first-order chi connectivity index (χ1) is 19.1. The first-order valence-corrected chi connectivity index (χ1v) is 13.5. The zero-order valence-corrected chi connectivity index (χ0v) is 24.0. The summed E-state index contributed by atoms with van der Waals surface area (Å²) in [5.41, 5.74) is 0.744. The maximum atomic E-state index is 12.2. The van der Waals surface area contributed by atoms with Gasteiger partial charge in [0.2, 0.25) is 0 Å². The van der Waals surface area contributed by atoms with Gasteiger partial charge in [-0.15, -0.1) is 0 Å². The van der Waals surface area contributed by atoms with Gasteiger partial charge in [0.15, 0.2) is 11.5 Å². The Morgan fingerprint density at radius 1 is 0.975 bits per heavy atom. The highest BCUT2D eigenvalue weighted by Gasteiger charge is 2.25. The zero-order valence-electron chi connectivity index (χ0n) is 24.0. The van der Waals surface area contributed by atoms with E-state index < -0.39 is 5.54 Å². The summed E-state index contributed by atoms with van der Waals surface area (Å²) in [6.45, 7) is 9.30. The molecular weight excluding hydrogens is 512 g/mol. The molecule has 0 fully saturated rings. The van der Waals surface area contributed by atoms with Gasteiger partial charge in [-0.3, -0.25) is 4.98 Å². The molecule has 1 heterocycles. The van der Waals surface area contributed by atoms with E-state index in [2.05, 4.69) is 41.7 Å². The number of methoxy groups -OCH3 is 1. The minimum atomic E-state index is -0.739. The Kier molecular flexibility index (Phi) is 10.9. The van der Waals surface area contributed by atoms with E-state index >= 15 is 0 Å². The molecule has 0 atom stereocenters. The fraction of sp³-hybridized carbons (Fsp3) is 0.467. The van der Waals surface area contributed by atoms with Gasteiger partial charge in [0.05, 0.1) is 31.4 Å². The fourth-order valence-corrected chi connectivity index (χ4v) is 3.94. The van der Waals surface area contributed by atoms with Crippen molar-refractivity contribution in [3.63, 3.8) is 0 Å². The summed E-state index contributed by atoms with van der Waals surface area (Å²) < 4.78 is 17.6. The number of anilines is 1. The predicted molar refractivity (Wildman–Crippen MR) is 157 cm³/mol. The Morgan fingerprint density at radius 3 is 2.33 bits per heavy atom. The molecular formula is C30H42N4O6. The lowest BCUT2D eigenvalue weighted by atomic mass is 9.92. The number of aromatic nitrogens is 1. The van der Waals surface area contributed by atoms with Gasteiger partial charge in [0.1, 0.15) is 18.1 Å². The summed E-state index contributed by atoms with van der Waals surface area (Å²) in [6.07, 6.45) is 3.13. The monoisotopic (exact) mass is 554 g/mol. The van der Waals surface area contributed by atoms with Crippen LogP contribution in [0.15, 0.2) is 48.7 Å². The summed E-state index contributed by atoms with van der Waals surface area (Å²) in [5, 5.41) is 28.8. The summed E-state index contributed by atoms with van der Waals surface area (Å²) in [5.74, 6) is 2.24. The Labute approximate surface area is 236 Å². The largest absolute Gasteiger partial charge is 0.493 e. The number of hydrogen-bond acceptors (Lipinski definition) is 8. The van der Waals surface area contributed by atoms with E-state index in [0.717, 1.165) is 11.8 Å². The normalized spacial score (nSPS) is 11.8. The quantitative estimate of drug-likeness (QED) is 0.181. The average Bonchev–Trinajstić information content (AvgIpc) is 2.93. The van der Waals surface area contributed by atoms with E-state index in [0.29, 0.717) is 60.3 Å². The highest BCUT2D eigenvalue weighted by molar-refractivity contribution is 5.89. The standard InChI is InChI=1S/C30H42N4O6/c1-6-30(19-35,20-36)33-15-16-39-27-18-24-23(17-26(27)38-5)25(11-13-31-24)40-22-9-7-21(8-10-22)34-28(37)32-14-12-29(2,3)4/h7-11,13,17-18,33,35-36H,6,12,14-16,19-20H2,1-5H3,(H2,32,34,37). The highest BCUT2D eigenvalue weighted by atomic mass is 16.5. The smallest absolute Gasteiger partial charge is 0.319 e. The van der Waals surface area contributed by atoms with Crippen LogP contribution in [0.5, 0.6) is 23.0 Å². The van der Waals surface area contributed by atoms with E-state index in [1.807, 2.05) is 13.0 Å². The zero-order chi connectivity index (χ0) is 29.2. The lowest BCUT2D eigenvalue weighted by Crippen LogP contribution is -2.52. The van der Waals surface area contributed by atoms with Crippen molar-refractivity contribution in [3.05, 3.63) is 48.7 Å². The molecule has 0 aliphatic carbocycles. The van der Waals surface area contributed by atoms with Gasteiger partial charge >= 0.3 is 6.03 Å². The molecule has 10 heteroatoms. The van der Waals surface area contributed by atoms with Gasteiger partial charge in [-0.1, -0.05) is 27.7 Å². The van der Waals surface area contributed by atoms with E-state index in [4.69, 9.17) is 14.2 Å². The maximum absolute atomic E-state index is 12.2. The van der Waals surface area contributed by atoms with Gasteiger partial charge in [0.25, 0.3) is 0 Å². The molecule has 0 unspecified atom stereocenters. The lowest BCUT2D eigenvalue weighted by Gasteiger charge is -2.29. The number of nitrogens with one attached hydrogen (secondary N) is 3. The Bertz CT molecular complexity index is 1230. The first kappa shape index (κ1) is 30.9. The summed E-state index contributed by atoms with van der Waals surface area (Å²) in [6, 6.07) is 12.3. The number of aliphatic hydroxyl groups is 2. The summed E-state index contributed by atoms with van der Waals surface area (Å²) in [4.78, 5) is 16.6. The van der Waals surface area contributed by atoms with Gasteiger partial charge in [0, 0.05) is 36.4 Å². The second-order valence-electron chi connectivity index (χ2n) is 10.9. The maximum Gasteiger partial charge on any atom is 0.319 e. The van der Waals surface area contributed by atoms with Gasteiger partial charge in [-0.2, -0.15) is 0 Å². The van der Waals surface area contributed by atoms with Crippen molar-refractivity contribution in [1.82, 2.24) is 15.6 Å². The van der Waals surface area contributed by atoms with Crippen molar-refractivity contribution in [3.8, 4) is 23.0 Å². The Morgan fingerprint density at radius 2 is 1.70 bits per heavy atom. The first-order valence-electron chi connectivity index (χ1n) is 13.5. The van der Waals surface area contributed by atoms with Crippen LogP contribution in [0.2, 0.25) is 0 Å². The minimum absolute atomic E-state index is 0.156. The molecule has 0 bridgehead atoms. The van der Waals surface area contributed by atoms with Crippen molar-refractivity contribution >= 4 is 22.6 Å². The number of carbonyl (C=O) groups excluding carboxylic acids is 1. The van der Waals surface area contributed by atoms with Gasteiger partial charge < -0.3 is 40.4 Å². The SMILES string of the molecule is CCC(CO)(CO)NCCOc1cc2nccc(Oc3ccc(NC(=O)NCCC(C)(C)C)cc3)c2cc1OC. The molecule has 0 radical (unpaired) electrons. The minimum Gasteiger partial charge on any atom is -0.493 e. The highest BCUT2D eigenvalue weighted by Crippen LogP contribution is 2.37. The number of fused-ring (bicyclic) bond motifs is 1. The van der Waals surface area contributed by atoms with Crippen LogP contribution in [-0.2, 0) is 0 Å². The summed E-state index contributed by atoms with van der Waals surface area (Å²) in [7, 11) is 1.56. The molecule has 1 aromatic heterocycles. The van der Waals surface area contributed by atoms with Crippen LogP contribution in [0.4, 0.5) is 10.5 Å². The number of pyridine rings is 1.